The molecule has 0 saturated carbocycles. The largest absolute Gasteiger partial charge is 0.318 e. The van der Waals surface area contributed by atoms with Crippen molar-refractivity contribution in [2.45, 2.75) is 38.8 Å². The van der Waals surface area contributed by atoms with Crippen LogP contribution >= 0.6 is 0 Å². The van der Waals surface area contributed by atoms with Crippen molar-refractivity contribution < 1.29 is 0 Å². The van der Waals surface area contributed by atoms with Gasteiger partial charge < -0.3 is 4.90 Å². The van der Waals surface area contributed by atoms with Gasteiger partial charge in [-0.3, -0.25) is 4.99 Å². The fraction of sp³-hybridized carbons (Fsp3) is 0.140. The van der Waals surface area contributed by atoms with Crippen LogP contribution in [0.1, 0.15) is 33.3 Å². The van der Waals surface area contributed by atoms with Crippen molar-refractivity contribution >= 4 is 43.8 Å². The van der Waals surface area contributed by atoms with Crippen LogP contribution in [-0.2, 0) is 0 Å². The van der Waals surface area contributed by atoms with Gasteiger partial charge in [0, 0.05) is 11.3 Å². The summed E-state index contributed by atoms with van der Waals surface area (Å²) < 4.78 is 0. The minimum Gasteiger partial charge on any atom is -0.318 e. The van der Waals surface area contributed by atoms with E-state index in [0.717, 1.165) is 17.1 Å². The van der Waals surface area contributed by atoms with Gasteiger partial charge in [0.1, 0.15) is 5.84 Å². The quantitative estimate of drug-likeness (QED) is 0.189. The van der Waals surface area contributed by atoms with Gasteiger partial charge in [-0.1, -0.05) is 133 Å². The summed E-state index contributed by atoms with van der Waals surface area (Å²) in [6.07, 6.45) is 0. The number of benzene rings is 7. The second-order valence-corrected chi connectivity index (χ2v) is 13.2. The summed E-state index contributed by atoms with van der Waals surface area (Å²) in [6.45, 7) is 9.06. The Morgan fingerprint density at radius 1 is 0.444 bits per heavy atom. The highest BCUT2D eigenvalue weighted by Crippen LogP contribution is 2.46. The first-order valence-corrected chi connectivity index (χ1v) is 15.8. The molecule has 0 aliphatic carbocycles. The molecule has 218 valence electrons. The molecule has 8 rings (SSSR count). The van der Waals surface area contributed by atoms with Crippen LogP contribution in [0.15, 0.2) is 151 Å². The standard InChI is InChI=1S/C43H36N2/c1-42(2)43(3,4)45(32-17-6-5-7-18-32)41(44-42)31-27-25-30(26-28-31)39-35-20-10-12-22-37(35)40(38-23-13-11-21-36(38)39)34-24-14-16-29-15-8-9-19-33(29)34/h5-28H,1-4H3. The lowest BCUT2D eigenvalue weighted by Crippen LogP contribution is -2.53. The van der Waals surface area contributed by atoms with E-state index in [1.807, 2.05) is 0 Å². The van der Waals surface area contributed by atoms with E-state index in [0.29, 0.717) is 0 Å². The Morgan fingerprint density at radius 2 is 0.933 bits per heavy atom. The normalized spacial score (nSPS) is 15.6. The van der Waals surface area contributed by atoms with E-state index in [1.54, 1.807) is 0 Å². The molecule has 0 spiro atoms. The molecule has 7 aromatic carbocycles. The lowest BCUT2D eigenvalue weighted by atomic mass is 9.83. The minimum absolute atomic E-state index is 0.188. The monoisotopic (exact) mass is 580 g/mol. The molecule has 0 aromatic heterocycles. The Labute approximate surface area is 265 Å². The van der Waals surface area contributed by atoms with Crippen molar-refractivity contribution in [2.75, 3.05) is 4.90 Å². The molecule has 0 fully saturated rings. The predicted octanol–water partition coefficient (Wildman–Crippen LogP) is 11.3. The van der Waals surface area contributed by atoms with Gasteiger partial charge >= 0.3 is 0 Å². The number of nitrogens with zero attached hydrogens (tertiary/aromatic N) is 2. The summed E-state index contributed by atoms with van der Waals surface area (Å²) in [6, 6.07) is 52.9. The fourth-order valence-corrected chi connectivity index (χ4v) is 7.16. The van der Waals surface area contributed by atoms with Crippen molar-refractivity contribution in [3.63, 3.8) is 0 Å². The zero-order valence-electron chi connectivity index (χ0n) is 26.3. The van der Waals surface area contributed by atoms with Crippen LogP contribution in [0.3, 0.4) is 0 Å². The third-order valence-corrected chi connectivity index (χ3v) is 10.1. The molecule has 2 heteroatoms. The average molecular weight is 581 g/mol. The molecule has 0 bridgehead atoms. The Hall–Kier alpha value is -5.21. The molecule has 7 aromatic rings. The number of para-hydroxylation sites is 1. The molecular weight excluding hydrogens is 544 g/mol. The van der Waals surface area contributed by atoms with Crippen LogP contribution in [0, 0.1) is 0 Å². The molecule has 0 unspecified atom stereocenters. The van der Waals surface area contributed by atoms with Crippen LogP contribution in [0.2, 0.25) is 0 Å². The van der Waals surface area contributed by atoms with Gasteiger partial charge in [0.2, 0.25) is 0 Å². The Bertz CT molecular complexity index is 2190. The average Bonchev–Trinajstić information content (AvgIpc) is 3.26. The number of anilines is 1. The van der Waals surface area contributed by atoms with Gasteiger partial charge in [-0.15, -0.1) is 0 Å². The molecule has 0 saturated heterocycles. The van der Waals surface area contributed by atoms with Crippen molar-refractivity contribution in [1.29, 1.82) is 0 Å². The summed E-state index contributed by atoms with van der Waals surface area (Å²) in [5, 5.41) is 7.60. The number of hydrogen-bond acceptors (Lipinski definition) is 2. The summed E-state index contributed by atoms with van der Waals surface area (Å²) in [5.74, 6) is 1.02. The van der Waals surface area contributed by atoms with Crippen LogP contribution in [0.4, 0.5) is 5.69 Å². The Balaban J connectivity index is 1.32. The van der Waals surface area contributed by atoms with E-state index in [4.69, 9.17) is 4.99 Å². The molecule has 2 nitrogen and oxygen atoms in total. The van der Waals surface area contributed by atoms with Crippen LogP contribution in [-0.4, -0.2) is 16.9 Å². The first-order chi connectivity index (χ1) is 21.8. The molecule has 0 radical (unpaired) electrons. The number of hydrogen-bond donors (Lipinski definition) is 0. The predicted molar refractivity (Wildman–Crippen MR) is 193 cm³/mol. The van der Waals surface area contributed by atoms with Crippen LogP contribution < -0.4 is 4.90 Å². The summed E-state index contributed by atoms with van der Waals surface area (Å²) in [4.78, 5) is 7.72. The maximum Gasteiger partial charge on any atom is 0.136 e. The van der Waals surface area contributed by atoms with E-state index in [-0.39, 0.29) is 11.1 Å². The maximum atomic E-state index is 5.32. The number of amidine groups is 1. The minimum atomic E-state index is -0.249. The van der Waals surface area contributed by atoms with E-state index < -0.39 is 0 Å². The highest BCUT2D eigenvalue weighted by molar-refractivity contribution is 6.23. The van der Waals surface area contributed by atoms with Gasteiger partial charge in [-0.05, 0) is 94.4 Å². The fourth-order valence-electron chi connectivity index (χ4n) is 7.16. The van der Waals surface area contributed by atoms with E-state index >= 15 is 0 Å². The number of aliphatic imine (C=N–C) groups is 1. The summed E-state index contributed by atoms with van der Waals surface area (Å²) >= 11 is 0. The maximum absolute atomic E-state index is 5.32. The molecule has 45 heavy (non-hydrogen) atoms. The van der Waals surface area contributed by atoms with Crippen LogP contribution in [0.25, 0.3) is 54.6 Å². The first kappa shape index (κ1) is 27.3. The second kappa shape index (κ2) is 10.2. The molecular formula is C43H36N2. The van der Waals surface area contributed by atoms with Gasteiger partial charge in [0.25, 0.3) is 0 Å². The van der Waals surface area contributed by atoms with Gasteiger partial charge in [0.15, 0.2) is 0 Å². The highest BCUT2D eigenvalue weighted by atomic mass is 15.3. The van der Waals surface area contributed by atoms with Gasteiger partial charge in [-0.2, -0.15) is 0 Å². The third-order valence-electron chi connectivity index (χ3n) is 10.1. The number of fused-ring (bicyclic) bond motifs is 3. The Kier molecular flexibility index (Phi) is 6.18. The van der Waals surface area contributed by atoms with Gasteiger partial charge in [-0.25, -0.2) is 0 Å². The first-order valence-electron chi connectivity index (χ1n) is 15.8. The van der Waals surface area contributed by atoms with Crippen molar-refractivity contribution in [1.82, 2.24) is 0 Å². The van der Waals surface area contributed by atoms with E-state index in [9.17, 15) is 0 Å². The van der Waals surface area contributed by atoms with Crippen LogP contribution in [0.5, 0.6) is 0 Å². The zero-order chi connectivity index (χ0) is 30.8. The third kappa shape index (κ3) is 4.20. The van der Waals surface area contributed by atoms with E-state index in [1.165, 1.54) is 54.6 Å². The topological polar surface area (TPSA) is 15.6 Å². The number of rotatable bonds is 4. The van der Waals surface area contributed by atoms with Crippen molar-refractivity contribution in [2.24, 2.45) is 4.99 Å². The SMILES string of the molecule is CC1(C)N=C(c2ccc(-c3c4ccccc4c(-c4cccc5ccccc45)c4ccccc34)cc2)N(c2ccccc2)C1(C)C. The lowest BCUT2D eigenvalue weighted by Gasteiger charge is -2.41. The zero-order valence-corrected chi connectivity index (χ0v) is 26.3. The van der Waals surface area contributed by atoms with Crippen molar-refractivity contribution in [3.8, 4) is 22.3 Å². The Morgan fingerprint density at radius 3 is 1.56 bits per heavy atom. The lowest BCUT2D eigenvalue weighted by molar-refractivity contribution is 0.338. The second-order valence-electron chi connectivity index (χ2n) is 13.2. The summed E-state index contributed by atoms with van der Waals surface area (Å²) in [5.41, 5.74) is 6.89. The molecule has 0 atom stereocenters. The van der Waals surface area contributed by atoms with Gasteiger partial charge in [0.05, 0.1) is 11.1 Å². The van der Waals surface area contributed by atoms with Crippen molar-refractivity contribution in [3.05, 3.63) is 151 Å². The smallest absolute Gasteiger partial charge is 0.136 e. The summed E-state index contributed by atoms with van der Waals surface area (Å²) in [7, 11) is 0. The molecule has 0 amide bonds. The molecule has 0 N–H and O–H groups in total. The molecule has 1 aliphatic heterocycles. The van der Waals surface area contributed by atoms with E-state index in [2.05, 4.69) is 178 Å². The molecule has 1 heterocycles. The highest BCUT2D eigenvalue weighted by Gasteiger charge is 2.49. The molecule has 1 aliphatic rings.